The van der Waals surface area contributed by atoms with E-state index in [1.807, 2.05) is 118 Å². The van der Waals surface area contributed by atoms with Gasteiger partial charge in [0.05, 0.1) is 26.9 Å². The second-order valence-electron chi connectivity index (χ2n) is 11.4. The van der Waals surface area contributed by atoms with Gasteiger partial charge in [-0.2, -0.15) is 5.10 Å². The molecule has 0 saturated carbocycles. The molecule has 0 saturated heterocycles. The number of benzene rings is 5. The Balaban J connectivity index is 0.00000696. The van der Waals surface area contributed by atoms with Crippen molar-refractivity contribution in [2.45, 2.75) is 7.43 Å². The largest absolute Gasteiger partial charge is 0.545 e. The Morgan fingerprint density at radius 3 is 1.80 bits per heavy atom. The first-order chi connectivity index (χ1) is 26.7. The number of azide groups is 1. The van der Waals surface area contributed by atoms with Crippen molar-refractivity contribution in [3.8, 4) is 17.2 Å². The van der Waals surface area contributed by atoms with Crippen LogP contribution in [0.2, 0.25) is 0 Å². The molecule has 5 unspecified atom stereocenters. The molecule has 0 heterocycles. The number of nitrogens with zero attached hydrogens (tertiary/aromatic N) is 8. The molecule has 5 aromatic carbocycles. The Hall–Kier alpha value is -3.69. The van der Waals surface area contributed by atoms with Crippen molar-refractivity contribution in [3.05, 3.63) is 155 Å². The van der Waals surface area contributed by atoms with Crippen LogP contribution in [-0.2, 0) is 23.6 Å². The lowest BCUT2D eigenvalue weighted by Crippen LogP contribution is -2.25. The molecule has 5 aromatic rings. The van der Waals surface area contributed by atoms with Crippen molar-refractivity contribution in [1.29, 1.82) is 0 Å². The number of hydrogen-bond acceptors (Lipinski definition) is 9. The first-order valence-corrected chi connectivity index (χ1v) is 27.8. The number of hydrazone groups is 2. The van der Waals surface area contributed by atoms with Gasteiger partial charge in [0.1, 0.15) is 33.7 Å². The lowest BCUT2D eigenvalue weighted by molar-refractivity contribution is 0.158. The summed E-state index contributed by atoms with van der Waals surface area (Å²) in [5, 5.41) is 13.8. The zero-order chi connectivity index (χ0) is 39.0. The summed E-state index contributed by atoms with van der Waals surface area (Å²) in [5.41, 5.74) is 10.4. The molecule has 19 heteroatoms. The average molecular weight is 897 g/mol. The Bertz CT molecular complexity index is 2170. The predicted octanol–water partition coefficient (Wildman–Crippen LogP) is 11.1. The highest BCUT2D eigenvalue weighted by Crippen LogP contribution is 2.63. The van der Waals surface area contributed by atoms with Crippen LogP contribution in [0.15, 0.2) is 153 Å². The quantitative estimate of drug-likeness (QED) is 0.0163. The van der Waals surface area contributed by atoms with Crippen LogP contribution in [0.4, 0.5) is 0 Å². The molecule has 0 fully saturated rings. The summed E-state index contributed by atoms with van der Waals surface area (Å²) in [6.07, 6.45) is 3.54. The van der Waals surface area contributed by atoms with Gasteiger partial charge in [0.2, 0.25) is 11.8 Å². The van der Waals surface area contributed by atoms with Crippen molar-refractivity contribution in [2.24, 2.45) is 19.6 Å². The van der Waals surface area contributed by atoms with Crippen LogP contribution in [0.5, 0.6) is 17.2 Å². The van der Waals surface area contributed by atoms with Crippen LogP contribution in [0, 0.1) is 0 Å². The SMILES string of the molecule is C.CN(COc1ccc(P(=N[P+](=S)Oc2ccc(C=NN(C)[P+](C)=S)cc2)(c2ccccc2)c2ccccc2)cc1)N=Cc1ccc(OPP(P)N=[N+]=[N-])cc1. The molecule has 288 valence electrons. The molecule has 0 amide bonds. The van der Waals surface area contributed by atoms with Crippen LogP contribution in [0.25, 0.3) is 10.4 Å². The highest BCUT2D eigenvalue weighted by atomic mass is 32.4. The van der Waals surface area contributed by atoms with Gasteiger partial charge in [-0.3, -0.25) is 9.53 Å². The highest BCUT2D eigenvalue weighted by Gasteiger charge is 2.33. The summed E-state index contributed by atoms with van der Waals surface area (Å²) >= 11 is 11.3. The molecule has 0 aliphatic rings. The van der Waals surface area contributed by atoms with E-state index in [2.05, 4.69) is 65.3 Å². The van der Waals surface area contributed by atoms with Gasteiger partial charge < -0.3 is 9.26 Å². The van der Waals surface area contributed by atoms with Crippen molar-refractivity contribution in [2.75, 3.05) is 27.5 Å². The lowest BCUT2D eigenvalue weighted by Gasteiger charge is -2.23. The van der Waals surface area contributed by atoms with Crippen LogP contribution >= 0.6 is 45.9 Å². The Labute approximate surface area is 346 Å². The maximum atomic E-state index is 8.56. The minimum atomic E-state index is -2.63. The van der Waals surface area contributed by atoms with E-state index in [4.69, 9.17) is 47.4 Å². The molecule has 5 rings (SSSR count). The zero-order valence-electron chi connectivity index (χ0n) is 30.0. The van der Waals surface area contributed by atoms with Crippen LogP contribution in [0.3, 0.4) is 0 Å². The number of hydrogen-bond donors (Lipinski definition) is 0. The molecule has 0 radical (unpaired) electrons. The lowest BCUT2D eigenvalue weighted by atomic mass is 10.2. The molecular formula is C37H42N8O3P6S2+2. The molecule has 0 aromatic heterocycles. The minimum absolute atomic E-state index is 0. The van der Waals surface area contributed by atoms with Gasteiger partial charge in [0.25, 0.3) is 0 Å². The minimum Gasteiger partial charge on any atom is -0.472 e. The highest BCUT2D eigenvalue weighted by molar-refractivity contribution is 8.46. The van der Waals surface area contributed by atoms with Gasteiger partial charge in [0, 0.05) is 27.9 Å². The van der Waals surface area contributed by atoms with E-state index < -0.39 is 28.4 Å². The van der Waals surface area contributed by atoms with Gasteiger partial charge in [0.15, 0.2) is 24.3 Å². The maximum absolute atomic E-state index is 8.56. The molecule has 0 aliphatic carbocycles. The van der Waals surface area contributed by atoms with Crippen molar-refractivity contribution in [3.63, 3.8) is 0 Å². The van der Waals surface area contributed by atoms with E-state index >= 15 is 0 Å². The summed E-state index contributed by atoms with van der Waals surface area (Å²) in [4.78, 5) is 6.48. The summed E-state index contributed by atoms with van der Waals surface area (Å²) in [6, 6.07) is 43.9. The van der Waals surface area contributed by atoms with Crippen molar-refractivity contribution < 1.29 is 13.8 Å². The normalized spacial score (nSPS) is 12.4. The van der Waals surface area contributed by atoms with Crippen molar-refractivity contribution in [1.82, 2.24) is 9.79 Å². The maximum Gasteiger partial charge on any atom is 0.545 e. The van der Waals surface area contributed by atoms with E-state index in [0.29, 0.717) is 17.2 Å². The molecule has 0 N–H and O–H groups in total. The summed E-state index contributed by atoms with van der Waals surface area (Å²) in [6.45, 7) is 1.49. The third-order valence-electron chi connectivity index (χ3n) is 7.62. The van der Waals surface area contributed by atoms with E-state index in [1.165, 1.54) is 0 Å². The van der Waals surface area contributed by atoms with Crippen LogP contribution in [0.1, 0.15) is 18.6 Å². The van der Waals surface area contributed by atoms with Gasteiger partial charge in [-0.25, -0.2) is 0 Å². The first-order valence-electron chi connectivity index (χ1n) is 16.4. The van der Waals surface area contributed by atoms with Gasteiger partial charge in [-0.1, -0.05) is 81.9 Å². The smallest absolute Gasteiger partial charge is 0.472 e. The Morgan fingerprint density at radius 1 is 0.768 bits per heavy atom. The van der Waals surface area contributed by atoms with Crippen LogP contribution in [-0.4, -0.2) is 49.7 Å². The molecule has 5 atom stereocenters. The Morgan fingerprint density at radius 2 is 1.27 bits per heavy atom. The molecule has 56 heavy (non-hydrogen) atoms. The zero-order valence-corrected chi connectivity index (χ0v) is 37.4. The summed E-state index contributed by atoms with van der Waals surface area (Å²) in [7, 11) is 1.07. The number of ether oxygens (including phenoxy) is 1. The van der Waals surface area contributed by atoms with Crippen molar-refractivity contribution >= 4 is 97.8 Å². The first kappa shape index (κ1) is 45.0. The van der Waals surface area contributed by atoms with Gasteiger partial charge in [-0.05, 0) is 94.0 Å². The third-order valence-corrected chi connectivity index (χ3v) is 18.4. The standard InChI is InChI=1S/C36H38N8O3P6S2.CH4/c1-43(38-26-29-14-18-32(19-15-29)46-49-52(48)41-40-37)28-45-31-22-24-36(25-23-31)53(34-10-6-4-7-11-34,35-12-8-5-9-13-35)42-51(55)47-33-20-16-30(17-21-33)27-39-44(2)50(3)54;/h4-27,49H,28,48H2,1-3H3;1H4/q+2;. The topological polar surface area (TPSA) is 120 Å². The fourth-order valence-electron chi connectivity index (χ4n) is 4.85. The Kier molecular flexibility index (Phi) is 18.4. The summed E-state index contributed by atoms with van der Waals surface area (Å²) < 4.78 is 25.4. The number of rotatable bonds is 18. The second kappa shape index (κ2) is 22.9. The van der Waals surface area contributed by atoms with E-state index in [0.717, 1.165) is 27.0 Å². The second-order valence-corrected chi connectivity index (χ2v) is 25.9. The monoisotopic (exact) mass is 896 g/mol. The van der Waals surface area contributed by atoms with E-state index in [9.17, 15) is 0 Å². The molecular weight excluding hydrogens is 854 g/mol. The van der Waals surface area contributed by atoms with Crippen LogP contribution < -0.4 is 29.7 Å². The molecule has 0 bridgehead atoms. The van der Waals surface area contributed by atoms with E-state index in [1.54, 1.807) is 22.2 Å². The van der Waals surface area contributed by atoms with E-state index in [-0.39, 0.29) is 22.7 Å². The third kappa shape index (κ3) is 13.2. The summed E-state index contributed by atoms with van der Waals surface area (Å²) in [5.74, 6) is 2.04. The van der Waals surface area contributed by atoms with Gasteiger partial charge in [-0.15, -0.1) is 9.88 Å². The van der Waals surface area contributed by atoms with Gasteiger partial charge >= 0.3 is 13.9 Å². The fourth-order valence-corrected chi connectivity index (χ4v) is 13.6. The average Bonchev–Trinajstić information content (AvgIpc) is 3.21. The molecule has 0 aliphatic heterocycles. The molecule has 0 spiro atoms. The molecule has 11 nitrogen and oxygen atoms in total. The predicted molar refractivity (Wildman–Crippen MR) is 253 cm³/mol. The fraction of sp³-hybridized carbons (Fsp3) is 0.135.